The van der Waals surface area contributed by atoms with Crippen molar-refractivity contribution in [2.24, 2.45) is 0 Å². The monoisotopic (exact) mass is 218 g/mol. The fourth-order valence-corrected chi connectivity index (χ4v) is 2.13. The van der Waals surface area contributed by atoms with Crippen LogP contribution in [-0.2, 0) is 0 Å². The van der Waals surface area contributed by atoms with Crippen LogP contribution in [0.15, 0.2) is 24.5 Å². The fraction of sp³-hybridized carbons (Fsp3) is 0.538. The molecule has 1 aromatic rings. The van der Waals surface area contributed by atoms with Crippen LogP contribution in [0.25, 0.3) is 0 Å². The van der Waals surface area contributed by atoms with Gasteiger partial charge in [0.1, 0.15) is 0 Å². The quantitative estimate of drug-likeness (QED) is 0.725. The van der Waals surface area contributed by atoms with Crippen LogP contribution in [0.3, 0.4) is 0 Å². The van der Waals surface area contributed by atoms with E-state index in [9.17, 15) is 4.79 Å². The van der Waals surface area contributed by atoms with Gasteiger partial charge >= 0.3 is 0 Å². The molecule has 0 bridgehead atoms. The Morgan fingerprint density at radius 2 is 1.56 bits per heavy atom. The zero-order valence-electron chi connectivity index (χ0n) is 9.56. The van der Waals surface area contributed by atoms with Gasteiger partial charge in [0.25, 0.3) is 5.91 Å². The van der Waals surface area contributed by atoms with Crippen molar-refractivity contribution >= 4 is 5.91 Å². The normalized spacial score (nSPS) is 17.6. The first-order valence-electron chi connectivity index (χ1n) is 6.07. The van der Waals surface area contributed by atoms with Crippen molar-refractivity contribution in [1.29, 1.82) is 0 Å². The van der Waals surface area contributed by atoms with Crippen LogP contribution < -0.4 is 0 Å². The summed E-state index contributed by atoms with van der Waals surface area (Å²) in [6.45, 7) is 1.81. The number of pyridine rings is 1. The molecule has 2 rings (SSSR count). The maximum Gasteiger partial charge on any atom is 0.253 e. The Morgan fingerprint density at radius 1 is 1.00 bits per heavy atom. The van der Waals surface area contributed by atoms with E-state index in [4.69, 9.17) is 0 Å². The van der Waals surface area contributed by atoms with Crippen molar-refractivity contribution in [3.63, 3.8) is 0 Å². The number of likely N-dealkylation sites (tertiary alicyclic amines) is 1. The average molecular weight is 218 g/mol. The summed E-state index contributed by atoms with van der Waals surface area (Å²) in [7, 11) is 0. The third kappa shape index (κ3) is 2.81. The second-order valence-corrected chi connectivity index (χ2v) is 4.30. The summed E-state index contributed by atoms with van der Waals surface area (Å²) >= 11 is 0. The lowest BCUT2D eigenvalue weighted by molar-refractivity contribution is 0.0742. The summed E-state index contributed by atoms with van der Waals surface area (Å²) in [6.07, 6.45) is 9.44. The number of nitrogens with zero attached hydrogens (tertiary/aromatic N) is 2. The fourth-order valence-electron chi connectivity index (χ4n) is 2.13. The van der Waals surface area contributed by atoms with Gasteiger partial charge in [0.2, 0.25) is 0 Å². The summed E-state index contributed by atoms with van der Waals surface area (Å²) in [6, 6.07) is 3.59. The number of hydrogen-bond donors (Lipinski definition) is 0. The largest absolute Gasteiger partial charge is 0.339 e. The molecule has 0 atom stereocenters. The van der Waals surface area contributed by atoms with Crippen molar-refractivity contribution in [3.8, 4) is 0 Å². The Balaban J connectivity index is 2.02. The average Bonchev–Trinajstić information content (AvgIpc) is 2.29. The minimum atomic E-state index is 0.157. The molecule has 2 heterocycles. The van der Waals surface area contributed by atoms with Crippen LogP contribution in [0.4, 0.5) is 0 Å². The number of amides is 1. The number of carbonyl (C=O) groups is 1. The van der Waals surface area contributed by atoms with Crippen molar-refractivity contribution in [1.82, 2.24) is 9.88 Å². The molecule has 3 nitrogen and oxygen atoms in total. The Labute approximate surface area is 96.5 Å². The van der Waals surface area contributed by atoms with Crippen LogP contribution in [0.1, 0.15) is 42.5 Å². The van der Waals surface area contributed by atoms with Gasteiger partial charge < -0.3 is 4.90 Å². The summed E-state index contributed by atoms with van der Waals surface area (Å²) in [4.78, 5) is 18.1. The highest BCUT2D eigenvalue weighted by Gasteiger charge is 2.15. The molecule has 0 N–H and O–H groups in total. The molecule has 0 aliphatic carbocycles. The summed E-state index contributed by atoms with van der Waals surface area (Å²) in [5.74, 6) is 0.157. The predicted molar refractivity (Wildman–Crippen MR) is 63.2 cm³/mol. The molecule has 1 aromatic heterocycles. The van der Waals surface area contributed by atoms with E-state index in [0.29, 0.717) is 0 Å². The molecule has 3 heteroatoms. The highest BCUT2D eigenvalue weighted by Crippen LogP contribution is 2.13. The maximum absolute atomic E-state index is 12.2. The van der Waals surface area contributed by atoms with E-state index in [2.05, 4.69) is 4.98 Å². The molecular weight excluding hydrogens is 200 g/mol. The van der Waals surface area contributed by atoms with E-state index >= 15 is 0 Å². The lowest BCUT2D eigenvalue weighted by Crippen LogP contribution is -2.33. The standard InChI is InChI=1S/C13H18N2O/c16-13(12-6-8-14-9-7-12)15-10-4-2-1-3-5-11-15/h6-9H,1-5,10-11H2. The van der Waals surface area contributed by atoms with Gasteiger partial charge in [-0.3, -0.25) is 9.78 Å². The molecule has 0 unspecified atom stereocenters. The van der Waals surface area contributed by atoms with Gasteiger partial charge in [0.15, 0.2) is 0 Å². The SMILES string of the molecule is O=C(c1ccncc1)N1CCCCCCC1. The number of carbonyl (C=O) groups excluding carboxylic acids is 1. The van der Waals surface area contributed by atoms with Gasteiger partial charge in [-0.1, -0.05) is 19.3 Å². The molecule has 1 fully saturated rings. The van der Waals surface area contributed by atoms with E-state index in [1.54, 1.807) is 24.5 Å². The van der Waals surface area contributed by atoms with Gasteiger partial charge in [-0.15, -0.1) is 0 Å². The molecule has 0 saturated carbocycles. The lowest BCUT2D eigenvalue weighted by Gasteiger charge is -2.24. The summed E-state index contributed by atoms with van der Waals surface area (Å²) < 4.78 is 0. The number of rotatable bonds is 1. The zero-order chi connectivity index (χ0) is 11.2. The van der Waals surface area contributed by atoms with Gasteiger partial charge in [-0.05, 0) is 25.0 Å². The highest BCUT2D eigenvalue weighted by atomic mass is 16.2. The number of hydrogen-bond acceptors (Lipinski definition) is 2. The molecule has 1 aliphatic heterocycles. The third-order valence-corrected chi connectivity index (χ3v) is 3.07. The van der Waals surface area contributed by atoms with Crippen LogP contribution in [-0.4, -0.2) is 28.9 Å². The predicted octanol–water partition coefficient (Wildman–Crippen LogP) is 2.49. The van der Waals surface area contributed by atoms with Crippen LogP contribution in [0, 0.1) is 0 Å². The van der Waals surface area contributed by atoms with Crippen LogP contribution in [0.2, 0.25) is 0 Å². The van der Waals surface area contributed by atoms with Crippen molar-refractivity contribution in [2.75, 3.05) is 13.1 Å². The minimum absolute atomic E-state index is 0.157. The van der Waals surface area contributed by atoms with Crippen LogP contribution >= 0.6 is 0 Å². The highest BCUT2D eigenvalue weighted by molar-refractivity contribution is 5.94. The Morgan fingerprint density at radius 3 is 2.19 bits per heavy atom. The van der Waals surface area contributed by atoms with E-state index in [1.807, 2.05) is 4.90 Å². The molecule has 0 spiro atoms. The first kappa shape index (κ1) is 11.1. The Bertz CT molecular complexity index is 329. The molecule has 86 valence electrons. The first-order valence-corrected chi connectivity index (χ1v) is 6.07. The Hall–Kier alpha value is -1.38. The van der Waals surface area contributed by atoms with Crippen molar-refractivity contribution in [3.05, 3.63) is 30.1 Å². The zero-order valence-corrected chi connectivity index (χ0v) is 9.56. The molecule has 1 aliphatic rings. The third-order valence-electron chi connectivity index (χ3n) is 3.07. The Kier molecular flexibility index (Phi) is 3.91. The molecule has 1 amide bonds. The molecular formula is C13H18N2O. The second-order valence-electron chi connectivity index (χ2n) is 4.30. The molecule has 0 aromatic carbocycles. The van der Waals surface area contributed by atoms with E-state index in [1.165, 1.54) is 19.3 Å². The minimum Gasteiger partial charge on any atom is -0.339 e. The topological polar surface area (TPSA) is 33.2 Å². The smallest absolute Gasteiger partial charge is 0.253 e. The summed E-state index contributed by atoms with van der Waals surface area (Å²) in [5.41, 5.74) is 0.760. The maximum atomic E-state index is 12.2. The van der Waals surface area contributed by atoms with Gasteiger partial charge in [0.05, 0.1) is 0 Å². The van der Waals surface area contributed by atoms with Gasteiger partial charge in [-0.25, -0.2) is 0 Å². The lowest BCUT2D eigenvalue weighted by atomic mass is 10.1. The summed E-state index contributed by atoms with van der Waals surface area (Å²) in [5, 5.41) is 0. The van der Waals surface area contributed by atoms with E-state index < -0.39 is 0 Å². The van der Waals surface area contributed by atoms with Crippen molar-refractivity contribution < 1.29 is 4.79 Å². The molecule has 0 radical (unpaired) electrons. The van der Waals surface area contributed by atoms with Crippen molar-refractivity contribution in [2.45, 2.75) is 32.1 Å². The van der Waals surface area contributed by atoms with Gasteiger partial charge in [-0.2, -0.15) is 0 Å². The van der Waals surface area contributed by atoms with Gasteiger partial charge in [0, 0.05) is 31.0 Å². The second kappa shape index (κ2) is 5.64. The van der Waals surface area contributed by atoms with E-state index in [-0.39, 0.29) is 5.91 Å². The van der Waals surface area contributed by atoms with E-state index in [0.717, 1.165) is 31.5 Å². The number of aromatic nitrogens is 1. The molecule has 16 heavy (non-hydrogen) atoms. The first-order chi connectivity index (χ1) is 7.88. The van der Waals surface area contributed by atoms with Crippen LogP contribution in [0.5, 0.6) is 0 Å². The molecule has 1 saturated heterocycles.